The van der Waals surface area contributed by atoms with Crippen LogP contribution in [0.15, 0.2) is 0 Å². The molecule has 0 radical (unpaired) electrons. The molecule has 1 fully saturated rings. The van der Waals surface area contributed by atoms with Crippen LogP contribution in [0.1, 0.15) is 19.8 Å². The van der Waals surface area contributed by atoms with Crippen molar-refractivity contribution in [1.29, 1.82) is 0 Å². The number of rotatable bonds is 4. The second kappa shape index (κ2) is 4.54. The van der Waals surface area contributed by atoms with Crippen molar-refractivity contribution in [3.63, 3.8) is 0 Å². The van der Waals surface area contributed by atoms with Gasteiger partial charge in [-0.25, -0.2) is 0 Å². The van der Waals surface area contributed by atoms with Gasteiger partial charge in [0.25, 0.3) is 0 Å². The lowest BCUT2D eigenvalue weighted by Gasteiger charge is -2.38. The summed E-state index contributed by atoms with van der Waals surface area (Å²) in [4.78, 5) is 2.56. The average molecular weight is 253 g/mol. The van der Waals surface area contributed by atoms with Crippen LogP contribution in [-0.4, -0.2) is 29.0 Å². The van der Waals surface area contributed by atoms with Crippen LogP contribution in [0.25, 0.3) is 0 Å². The van der Waals surface area contributed by atoms with Gasteiger partial charge in [0.2, 0.25) is 0 Å². The van der Waals surface area contributed by atoms with Crippen LogP contribution in [0.4, 0.5) is 0 Å². The number of nitrogens with zero attached hydrogens (tertiary/aromatic N) is 1. The molecule has 1 rings (SSSR count). The Hall–Kier alpha value is 0.690. The monoisotopic (exact) mass is 253 g/mol. The summed E-state index contributed by atoms with van der Waals surface area (Å²) in [5, 5.41) is 0. The van der Waals surface area contributed by atoms with Gasteiger partial charge in [-0.15, -0.1) is 0 Å². The Balaban J connectivity index is 1.93. The predicted molar refractivity (Wildman–Crippen MR) is 53.7 cm³/mol. The Morgan fingerprint density at radius 2 is 2.20 bits per heavy atom. The Bertz CT molecular complexity index is 86.5. The minimum absolute atomic E-state index is 1.02. The van der Waals surface area contributed by atoms with Gasteiger partial charge in [0.15, 0.2) is 0 Å². The van der Waals surface area contributed by atoms with Gasteiger partial charge in [0.1, 0.15) is 0 Å². The maximum Gasteiger partial charge on any atom is 0.00219 e. The molecule has 0 N–H and O–H groups in total. The molecule has 10 heavy (non-hydrogen) atoms. The van der Waals surface area contributed by atoms with Gasteiger partial charge in [-0.05, 0) is 18.9 Å². The first-order valence-corrected chi connectivity index (χ1v) is 5.67. The molecule has 0 amide bonds. The molecular formula is C8H16IN. The van der Waals surface area contributed by atoms with Gasteiger partial charge in [-0.2, -0.15) is 0 Å². The molecular weight excluding hydrogens is 237 g/mol. The van der Waals surface area contributed by atoms with E-state index >= 15 is 0 Å². The summed E-state index contributed by atoms with van der Waals surface area (Å²) in [5.41, 5.74) is 0. The smallest absolute Gasteiger partial charge is 0.00219 e. The van der Waals surface area contributed by atoms with E-state index in [0.29, 0.717) is 0 Å². The summed E-state index contributed by atoms with van der Waals surface area (Å²) in [7, 11) is 0. The third-order valence-electron chi connectivity index (χ3n) is 2.22. The van der Waals surface area contributed by atoms with Gasteiger partial charge in [-0.1, -0.05) is 35.9 Å². The first-order valence-electron chi connectivity index (χ1n) is 4.15. The van der Waals surface area contributed by atoms with Crippen LogP contribution in [-0.2, 0) is 0 Å². The van der Waals surface area contributed by atoms with Crippen molar-refractivity contribution < 1.29 is 0 Å². The molecule has 0 aromatic carbocycles. The van der Waals surface area contributed by atoms with Gasteiger partial charge in [0.05, 0.1) is 0 Å². The number of hydrogen-bond acceptors (Lipinski definition) is 1. The fraction of sp³-hybridized carbons (Fsp3) is 1.00. The van der Waals surface area contributed by atoms with Crippen LogP contribution in [0, 0.1) is 5.92 Å². The fourth-order valence-electron chi connectivity index (χ4n) is 1.40. The number of hydrogen-bond donors (Lipinski definition) is 0. The van der Waals surface area contributed by atoms with Crippen molar-refractivity contribution >= 4 is 22.6 Å². The Morgan fingerprint density at radius 3 is 2.70 bits per heavy atom. The molecule has 0 saturated carbocycles. The zero-order valence-corrected chi connectivity index (χ0v) is 8.80. The van der Waals surface area contributed by atoms with Gasteiger partial charge < -0.3 is 4.90 Å². The number of alkyl halides is 1. The third-order valence-corrected chi connectivity index (χ3v) is 2.98. The standard InChI is InChI=1S/C8H16IN/c1-2-8-6-10(7-8)5-3-4-9/h8H,2-7H2,1H3. The average Bonchev–Trinajstić information content (AvgIpc) is 1.86. The summed E-state index contributed by atoms with van der Waals surface area (Å²) in [6, 6.07) is 0. The van der Waals surface area contributed by atoms with Crippen molar-refractivity contribution in [3.8, 4) is 0 Å². The molecule has 2 heteroatoms. The van der Waals surface area contributed by atoms with Crippen molar-refractivity contribution in [1.82, 2.24) is 4.90 Å². The van der Waals surface area contributed by atoms with Gasteiger partial charge in [-0.3, -0.25) is 0 Å². The van der Waals surface area contributed by atoms with Crippen molar-refractivity contribution in [2.75, 3.05) is 24.1 Å². The molecule has 0 atom stereocenters. The lowest BCUT2D eigenvalue weighted by Crippen LogP contribution is -2.46. The van der Waals surface area contributed by atoms with Crippen LogP contribution < -0.4 is 0 Å². The summed E-state index contributed by atoms with van der Waals surface area (Å²) in [5.74, 6) is 1.02. The van der Waals surface area contributed by atoms with E-state index in [9.17, 15) is 0 Å². The van der Waals surface area contributed by atoms with Crippen molar-refractivity contribution in [2.45, 2.75) is 19.8 Å². The molecule has 1 nitrogen and oxygen atoms in total. The predicted octanol–water partition coefficient (Wildman–Crippen LogP) is 2.15. The minimum atomic E-state index is 1.02. The summed E-state index contributed by atoms with van der Waals surface area (Å²) in [6.45, 7) is 6.36. The Morgan fingerprint density at radius 1 is 1.50 bits per heavy atom. The number of halogens is 1. The maximum absolute atomic E-state index is 2.56. The van der Waals surface area contributed by atoms with E-state index in [2.05, 4.69) is 34.4 Å². The topological polar surface area (TPSA) is 3.24 Å². The lowest BCUT2D eigenvalue weighted by molar-refractivity contribution is 0.0988. The zero-order chi connectivity index (χ0) is 7.40. The Labute approximate surface area is 77.3 Å². The van der Waals surface area contributed by atoms with Gasteiger partial charge >= 0.3 is 0 Å². The van der Waals surface area contributed by atoms with Crippen molar-refractivity contribution in [3.05, 3.63) is 0 Å². The molecule has 0 aliphatic carbocycles. The van der Waals surface area contributed by atoms with E-state index in [0.717, 1.165) is 5.92 Å². The van der Waals surface area contributed by atoms with Crippen molar-refractivity contribution in [2.24, 2.45) is 5.92 Å². The normalized spacial score (nSPS) is 21.0. The third kappa shape index (κ3) is 2.38. The second-order valence-corrected chi connectivity index (χ2v) is 4.16. The molecule has 0 bridgehead atoms. The van der Waals surface area contributed by atoms with E-state index in [1.807, 2.05) is 0 Å². The van der Waals surface area contributed by atoms with E-state index < -0.39 is 0 Å². The van der Waals surface area contributed by atoms with Gasteiger partial charge in [0, 0.05) is 17.5 Å². The summed E-state index contributed by atoms with van der Waals surface area (Å²) >= 11 is 2.45. The molecule has 1 aliphatic rings. The highest BCUT2D eigenvalue weighted by molar-refractivity contribution is 14.1. The first-order chi connectivity index (χ1) is 4.86. The highest BCUT2D eigenvalue weighted by Gasteiger charge is 2.23. The molecule has 0 aromatic rings. The minimum Gasteiger partial charge on any atom is -0.303 e. The molecule has 60 valence electrons. The highest BCUT2D eigenvalue weighted by atomic mass is 127. The molecule has 1 heterocycles. The molecule has 0 aromatic heterocycles. The van der Waals surface area contributed by atoms with Crippen LogP contribution in [0.5, 0.6) is 0 Å². The quantitative estimate of drug-likeness (QED) is 0.548. The lowest BCUT2D eigenvalue weighted by atomic mass is 9.97. The summed E-state index contributed by atoms with van der Waals surface area (Å²) in [6.07, 6.45) is 2.75. The summed E-state index contributed by atoms with van der Waals surface area (Å²) < 4.78 is 1.31. The largest absolute Gasteiger partial charge is 0.303 e. The van der Waals surface area contributed by atoms with E-state index in [4.69, 9.17) is 0 Å². The molecule has 0 spiro atoms. The first kappa shape index (κ1) is 8.78. The van der Waals surface area contributed by atoms with E-state index in [-0.39, 0.29) is 0 Å². The highest BCUT2D eigenvalue weighted by Crippen LogP contribution is 2.18. The molecule has 1 saturated heterocycles. The fourth-order valence-corrected chi connectivity index (χ4v) is 1.74. The SMILES string of the molecule is CCC1CN(CCCI)C1. The van der Waals surface area contributed by atoms with E-state index in [1.165, 1.54) is 36.9 Å². The Kier molecular flexibility index (Phi) is 3.99. The van der Waals surface area contributed by atoms with Crippen LogP contribution in [0.2, 0.25) is 0 Å². The van der Waals surface area contributed by atoms with Crippen LogP contribution in [0.3, 0.4) is 0 Å². The zero-order valence-electron chi connectivity index (χ0n) is 6.65. The second-order valence-electron chi connectivity index (χ2n) is 3.08. The van der Waals surface area contributed by atoms with E-state index in [1.54, 1.807) is 0 Å². The molecule has 1 aliphatic heterocycles. The van der Waals surface area contributed by atoms with Crippen LogP contribution >= 0.6 is 22.6 Å². The number of likely N-dealkylation sites (tertiary alicyclic amines) is 1. The maximum atomic E-state index is 2.56. The molecule has 0 unspecified atom stereocenters.